The fourth-order valence-electron chi connectivity index (χ4n) is 6.72. The molecule has 3 rings (SSSR count). The lowest BCUT2D eigenvalue weighted by Gasteiger charge is -2.50. The summed E-state index contributed by atoms with van der Waals surface area (Å²) < 4.78 is 6.29. The highest BCUT2D eigenvalue weighted by Crippen LogP contribution is 2.53. The van der Waals surface area contributed by atoms with Crippen LogP contribution >= 0.6 is 0 Å². The number of unbranched alkanes of at least 4 members (excludes halogenated alkanes) is 5. The molecule has 0 N–H and O–H groups in total. The van der Waals surface area contributed by atoms with Gasteiger partial charge in [0.05, 0.1) is 6.10 Å². The van der Waals surface area contributed by atoms with Crippen molar-refractivity contribution in [3.05, 3.63) is 0 Å². The molecule has 3 saturated carbocycles. The molecule has 0 heterocycles. The van der Waals surface area contributed by atoms with Crippen LogP contribution in [0.15, 0.2) is 0 Å². The molecule has 0 saturated heterocycles. The summed E-state index contributed by atoms with van der Waals surface area (Å²) in [5.41, 5.74) is 0. The Morgan fingerprint density at radius 1 is 0.654 bits per heavy atom. The van der Waals surface area contributed by atoms with Crippen LogP contribution in [0.3, 0.4) is 0 Å². The average molecular weight is 363 g/mol. The van der Waals surface area contributed by atoms with E-state index in [9.17, 15) is 0 Å². The molecular formula is C25H46O. The highest BCUT2D eigenvalue weighted by molar-refractivity contribution is 4.94. The van der Waals surface area contributed by atoms with E-state index in [2.05, 4.69) is 13.8 Å². The topological polar surface area (TPSA) is 9.23 Å². The molecule has 1 nitrogen and oxygen atoms in total. The quantitative estimate of drug-likeness (QED) is 0.360. The molecular weight excluding hydrogens is 316 g/mol. The predicted octanol–water partition coefficient (Wildman–Crippen LogP) is 7.77. The summed E-state index contributed by atoms with van der Waals surface area (Å²) in [5.74, 6) is 5.31. The number of fused-ring (bicyclic) bond motifs is 3. The standard InChI is InChI=1S/C25H46O/c1-3-5-7-9-17-26-23-14-16-25-22(19-23)13-12-21-18-20(10-8-6-4-2)11-15-24(21)25/h20-25H,3-19H2,1-2H3/t20-,21?,22?,23-,24?,25?/m0/s1. The lowest BCUT2D eigenvalue weighted by Crippen LogP contribution is -2.42. The molecule has 3 fully saturated rings. The van der Waals surface area contributed by atoms with Gasteiger partial charge in [0.25, 0.3) is 0 Å². The lowest BCUT2D eigenvalue weighted by molar-refractivity contribution is -0.0539. The highest BCUT2D eigenvalue weighted by atomic mass is 16.5. The summed E-state index contributed by atoms with van der Waals surface area (Å²) in [4.78, 5) is 0. The average Bonchev–Trinajstić information content (AvgIpc) is 2.67. The first kappa shape index (κ1) is 20.7. The second-order valence-electron chi connectivity index (χ2n) is 9.97. The zero-order valence-electron chi connectivity index (χ0n) is 17.9. The van der Waals surface area contributed by atoms with E-state index < -0.39 is 0 Å². The van der Waals surface area contributed by atoms with E-state index in [4.69, 9.17) is 4.74 Å². The summed E-state index contributed by atoms with van der Waals surface area (Å²) >= 11 is 0. The minimum atomic E-state index is 0.597. The van der Waals surface area contributed by atoms with Crippen molar-refractivity contribution in [3.8, 4) is 0 Å². The van der Waals surface area contributed by atoms with Gasteiger partial charge in [-0.25, -0.2) is 0 Å². The molecule has 0 aliphatic heterocycles. The van der Waals surface area contributed by atoms with Crippen molar-refractivity contribution in [3.63, 3.8) is 0 Å². The minimum Gasteiger partial charge on any atom is -0.378 e. The van der Waals surface area contributed by atoms with Gasteiger partial charge in [-0.1, -0.05) is 65.2 Å². The highest BCUT2D eigenvalue weighted by Gasteiger charge is 2.44. The summed E-state index contributed by atoms with van der Waals surface area (Å²) in [5, 5.41) is 0. The van der Waals surface area contributed by atoms with E-state index >= 15 is 0 Å². The van der Waals surface area contributed by atoms with Gasteiger partial charge in [-0.15, -0.1) is 0 Å². The minimum absolute atomic E-state index is 0.597. The molecule has 0 radical (unpaired) electrons. The molecule has 1 heteroatoms. The first-order valence-corrected chi connectivity index (χ1v) is 12.4. The largest absolute Gasteiger partial charge is 0.378 e. The van der Waals surface area contributed by atoms with E-state index in [1.807, 2.05) is 0 Å². The van der Waals surface area contributed by atoms with Gasteiger partial charge < -0.3 is 4.74 Å². The van der Waals surface area contributed by atoms with Gasteiger partial charge in [0.2, 0.25) is 0 Å². The second kappa shape index (κ2) is 11.1. The van der Waals surface area contributed by atoms with Crippen LogP contribution in [0.4, 0.5) is 0 Å². The van der Waals surface area contributed by atoms with Crippen LogP contribution in [0, 0.1) is 29.6 Å². The van der Waals surface area contributed by atoms with Crippen molar-refractivity contribution in [1.29, 1.82) is 0 Å². The second-order valence-corrected chi connectivity index (χ2v) is 9.97. The normalized spacial score (nSPS) is 37.2. The Labute approximate surface area is 164 Å². The van der Waals surface area contributed by atoms with Gasteiger partial charge in [-0.3, -0.25) is 0 Å². The van der Waals surface area contributed by atoms with Crippen molar-refractivity contribution in [1.82, 2.24) is 0 Å². The molecule has 0 aromatic heterocycles. The Balaban J connectivity index is 1.39. The van der Waals surface area contributed by atoms with Gasteiger partial charge in [0, 0.05) is 6.61 Å². The molecule has 0 bridgehead atoms. The summed E-state index contributed by atoms with van der Waals surface area (Å²) in [6.07, 6.45) is 23.8. The van der Waals surface area contributed by atoms with E-state index in [0.29, 0.717) is 6.10 Å². The Hall–Kier alpha value is -0.0400. The van der Waals surface area contributed by atoms with Crippen molar-refractivity contribution >= 4 is 0 Å². The molecule has 3 aliphatic carbocycles. The molecule has 152 valence electrons. The monoisotopic (exact) mass is 362 g/mol. The molecule has 0 amide bonds. The molecule has 4 unspecified atom stereocenters. The smallest absolute Gasteiger partial charge is 0.0578 e. The van der Waals surface area contributed by atoms with E-state index in [-0.39, 0.29) is 0 Å². The Morgan fingerprint density at radius 3 is 2.12 bits per heavy atom. The van der Waals surface area contributed by atoms with Crippen LogP contribution in [0.25, 0.3) is 0 Å². The van der Waals surface area contributed by atoms with Crippen LogP contribution in [-0.4, -0.2) is 12.7 Å². The third-order valence-corrected chi connectivity index (χ3v) is 8.17. The Bertz CT molecular complexity index is 378. The fourth-order valence-corrected chi connectivity index (χ4v) is 6.72. The zero-order valence-corrected chi connectivity index (χ0v) is 17.9. The van der Waals surface area contributed by atoms with Gasteiger partial charge >= 0.3 is 0 Å². The van der Waals surface area contributed by atoms with Crippen LogP contribution < -0.4 is 0 Å². The van der Waals surface area contributed by atoms with Crippen molar-refractivity contribution in [2.75, 3.05) is 6.61 Å². The number of ether oxygens (including phenoxy) is 1. The number of hydrogen-bond acceptors (Lipinski definition) is 1. The maximum atomic E-state index is 6.29. The third kappa shape index (κ3) is 5.73. The van der Waals surface area contributed by atoms with E-state index in [1.165, 1.54) is 77.0 Å². The molecule has 26 heavy (non-hydrogen) atoms. The third-order valence-electron chi connectivity index (χ3n) is 8.17. The molecule has 3 aliphatic rings. The van der Waals surface area contributed by atoms with Crippen LogP contribution in [0.5, 0.6) is 0 Å². The predicted molar refractivity (Wildman–Crippen MR) is 112 cm³/mol. The first-order chi connectivity index (χ1) is 12.8. The molecule has 0 aromatic rings. The van der Waals surface area contributed by atoms with Gasteiger partial charge in [-0.2, -0.15) is 0 Å². The van der Waals surface area contributed by atoms with Crippen LogP contribution in [0.1, 0.15) is 117 Å². The zero-order chi connectivity index (χ0) is 18.2. The molecule has 0 aromatic carbocycles. The van der Waals surface area contributed by atoms with Crippen LogP contribution in [0.2, 0.25) is 0 Å². The SMILES string of the molecule is CCCCCCO[C@H]1CCC2C(CCC3C[C@@H](CCCCC)CCC32)C1. The lowest BCUT2D eigenvalue weighted by atomic mass is 9.56. The van der Waals surface area contributed by atoms with Crippen molar-refractivity contribution in [2.24, 2.45) is 29.6 Å². The number of hydrogen-bond donors (Lipinski definition) is 0. The maximum absolute atomic E-state index is 6.29. The van der Waals surface area contributed by atoms with Crippen molar-refractivity contribution < 1.29 is 4.74 Å². The van der Waals surface area contributed by atoms with Gasteiger partial charge in [-0.05, 0) is 81.0 Å². The maximum Gasteiger partial charge on any atom is 0.0578 e. The van der Waals surface area contributed by atoms with E-state index in [1.54, 1.807) is 25.7 Å². The molecule has 6 atom stereocenters. The fraction of sp³-hybridized carbons (Fsp3) is 1.00. The Kier molecular flexibility index (Phi) is 8.82. The summed E-state index contributed by atoms with van der Waals surface area (Å²) in [7, 11) is 0. The Morgan fingerprint density at radius 2 is 1.35 bits per heavy atom. The van der Waals surface area contributed by atoms with Crippen molar-refractivity contribution in [2.45, 2.75) is 123 Å². The summed E-state index contributed by atoms with van der Waals surface area (Å²) in [6.45, 7) is 5.65. The van der Waals surface area contributed by atoms with Gasteiger partial charge in [0.15, 0.2) is 0 Å². The number of rotatable bonds is 10. The van der Waals surface area contributed by atoms with E-state index in [0.717, 1.165) is 36.2 Å². The van der Waals surface area contributed by atoms with Crippen LogP contribution in [-0.2, 0) is 4.74 Å². The first-order valence-electron chi connectivity index (χ1n) is 12.4. The summed E-state index contributed by atoms with van der Waals surface area (Å²) in [6, 6.07) is 0. The molecule has 0 spiro atoms. The van der Waals surface area contributed by atoms with Gasteiger partial charge in [0.1, 0.15) is 0 Å².